The van der Waals surface area contributed by atoms with E-state index in [-0.39, 0.29) is 24.2 Å². The molecular formula is C20H23Cl2N3O2S. The number of nitrogens with zero attached hydrogens (tertiary/aromatic N) is 2. The minimum Gasteiger partial charge on any atom is -0.344 e. The van der Waals surface area contributed by atoms with Gasteiger partial charge in [0, 0.05) is 29.1 Å². The van der Waals surface area contributed by atoms with Crippen molar-refractivity contribution in [3.8, 4) is 10.6 Å². The van der Waals surface area contributed by atoms with Crippen LogP contribution in [-0.4, -0.2) is 40.8 Å². The molecule has 0 aliphatic carbocycles. The van der Waals surface area contributed by atoms with Crippen LogP contribution in [0, 0.1) is 5.92 Å². The first-order valence-electron chi connectivity index (χ1n) is 9.33. The topological polar surface area (TPSA) is 62.3 Å². The van der Waals surface area contributed by atoms with Crippen molar-refractivity contribution in [2.24, 2.45) is 5.92 Å². The number of carbonyl (C=O) groups is 2. The zero-order valence-corrected chi connectivity index (χ0v) is 18.2. The number of aromatic nitrogens is 1. The largest absolute Gasteiger partial charge is 0.344 e. The van der Waals surface area contributed by atoms with Gasteiger partial charge in [-0.25, -0.2) is 4.98 Å². The van der Waals surface area contributed by atoms with Crippen LogP contribution in [-0.2, 0) is 16.0 Å². The molecule has 0 saturated carbocycles. The van der Waals surface area contributed by atoms with Crippen molar-refractivity contribution in [2.45, 2.75) is 39.2 Å². The number of halogens is 2. The predicted octanol–water partition coefficient (Wildman–Crippen LogP) is 4.42. The van der Waals surface area contributed by atoms with Crippen LogP contribution < -0.4 is 5.32 Å². The summed E-state index contributed by atoms with van der Waals surface area (Å²) in [6.07, 6.45) is 2.18. The van der Waals surface area contributed by atoms with Crippen LogP contribution >= 0.6 is 34.5 Å². The summed E-state index contributed by atoms with van der Waals surface area (Å²) in [4.78, 5) is 31.6. The monoisotopic (exact) mass is 439 g/mol. The first kappa shape index (κ1) is 21.1. The molecule has 0 radical (unpaired) electrons. The number of hydrogen-bond donors (Lipinski definition) is 1. The second-order valence-electron chi connectivity index (χ2n) is 7.27. The van der Waals surface area contributed by atoms with Gasteiger partial charge in [0.25, 0.3) is 0 Å². The Bertz CT molecular complexity index is 863. The maximum Gasteiger partial charge on any atom is 0.245 e. The van der Waals surface area contributed by atoms with Crippen molar-refractivity contribution >= 4 is 46.4 Å². The van der Waals surface area contributed by atoms with Crippen LogP contribution in [0.15, 0.2) is 23.6 Å². The zero-order valence-electron chi connectivity index (χ0n) is 15.9. The van der Waals surface area contributed by atoms with Crippen molar-refractivity contribution in [1.82, 2.24) is 15.2 Å². The van der Waals surface area contributed by atoms with E-state index >= 15 is 0 Å². The maximum atomic E-state index is 12.7. The van der Waals surface area contributed by atoms with Crippen molar-refractivity contribution in [1.29, 1.82) is 0 Å². The Kier molecular flexibility index (Phi) is 6.96. The lowest BCUT2D eigenvalue weighted by Gasteiger charge is -2.26. The van der Waals surface area contributed by atoms with Gasteiger partial charge in [0.15, 0.2) is 0 Å². The number of benzene rings is 1. The van der Waals surface area contributed by atoms with Gasteiger partial charge in [0.1, 0.15) is 11.0 Å². The molecule has 0 spiro atoms. The molecule has 1 aliphatic heterocycles. The highest BCUT2D eigenvalue weighted by Gasteiger charge is 2.30. The molecule has 150 valence electrons. The number of nitrogens with one attached hydrogen (secondary N) is 1. The van der Waals surface area contributed by atoms with E-state index in [0.29, 0.717) is 15.7 Å². The molecule has 1 saturated heterocycles. The van der Waals surface area contributed by atoms with Gasteiger partial charge < -0.3 is 10.2 Å². The van der Waals surface area contributed by atoms with Crippen LogP contribution in [0.4, 0.5) is 0 Å². The predicted molar refractivity (Wildman–Crippen MR) is 114 cm³/mol. The van der Waals surface area contributed by atoms with E-state index in [1.54, 1.807) is 12.1 Å². The van der Waals surface area contributed by atoms with Crippen molar-refractivity contribution in [2.75, 3.05) is 13.1 Å². The lowest BCUT2D eigenvalue weighted by atomic mass is 10.0. The summed E-state index contributed by atoms with van der Waals surface area (Å²) in [5.74, 6) is -0.172. The summed E-state index contributed by atoms with van der Waals surface area (Å²) in [7, 11) is 0. The number of rotatable bonds is 6. The highest BCUT2D eigenvalue weighted by atomic mass is 35.5. The molecule has 0 bridgehead atoms. The second-order valence-corrected chi connectivity index (χ2v) is 8.97. The third-order valence-electron chi connectivity index (χ3n) is 4.72. The van der Waals surface area contributed by atoms with Gasteiger partial charge in [0.2, 0.25) is 11.8 Å². The zero-order chi connectivity index (χ0) is 20.3. The molecule has 3 rings (SSSR count). The van der Waals surface area contributed by atoms with E-state index in [2.05, 4.69) is 10.3 Å². The molecule has 1 aliphatic rings. The Balaban J connectivity index is 1.65. The summed E-state index contributed by atoms with van der Waals surface area (Å²) < 4.78 is 0. The van der Waals surface area contributed by atoms with Crippen LogP contribution in [0.5, 0.6) is 0 Å². The van der Waals surface area contributed by atoms with E-state index in [4.69, 9.17) is 23.2 Å². The molecule has 2 aromatic rings. The molecule has 1 N–H and O–H groups in total. The number of likely N-dealkylation sites (tertiary alicyclic amines) is 1. The Hall–Kier alpha value is -1.63. The fraction of sp³-hybridized carbons (Fsp3) is 0.450. The van der Waals surface area contributed by atoms with E-state index in [0.717, 1.165) is 36.5 Å². The quantitative estimate of drug-likeness (QED) is 0.723. The van der Waals surface area contributed by atoms with Crippen molar-refractivity contribution in [3.63, 3.8) is 0 Å². The molecule has 1 aromatic carbocycles. The number of amides is 2. The molecule has 5 nitrogen and oxygen atoms in total. The lowest BCUT2D eigenvalue weighted by Crippen LogP contribution is -2.50. The SMILES string of the molecule is CC(C)[C@H](NC(=O)Cc1csc(-c2ccc(Cl)cc2Cl)n1)C(=O)N1CCCC1. The first-order chi connectivity index (χ1) is 13.3. The molecule has 2 amide bonds. The Morgan fingerprint density at radius 1 is 1.25 bits per heavy atom. The number of thiazole rings is 1. The number of hydrogen-bond acceptors (Lipinski definition) is 4. The van der Waals surface area contributed by atoms with E-state index < -0.39 is 6.04 Å². The summed E-state index contributed by atoms with van der Waals surface area (Å²) in [6.45, 7) is 5.44. The van der Waals surface area contributed by atoms with Crippen LogP contribution in [0.1, 0.15) is 32.4 Å². The third kappa shape index (κ3) is 5.04. The highest BCUT2D eigenvalue weighted by Crippen LogP contribution is 2.32. The summed E-state index contributed by atoms with van der Waals surface area (Å²) in [5, 5.41) is 6.56. The van der Waals surface area contributed by atoms with Crippen molar-refractivity contribution < 1.29 is 9.59 Å². The van der Waals surface area contributed by atoms with Gasteiger partial charge in [0.05, 0.1) is 17.1 Å². The Morgan fingerprint density at radius 3 is 2.61 bits per heavy atom. The molecule has 8 heteroatoms. The summed E-state index contributed by atoms with van der Waals surface area (Å²) in [6, 6.07) is 4.74. The molecule has 1 fully saturated rings. The maximum absolute atomic E-state index is 12.7. The average Bonchev–Trinajstić information content (AvgIpc) is 3.31. The standard InChI is InChI=1S/C20H23Cl2N3O2S/c1-12(2)18(20(27)25-7-3-4-8-25)24-17(26)10-14-11-28-19(23-14)15-6-5-13(21)9-16(15)22/h5-6,9,11-12,18H,3-4,7-8,10H2,1-2H3,(H,24,26)/t18-/m0/s1. The molecule has 1 atom stereocenters. The molecular weight excluding hydrogens is 417 g/mol. The minimum absolute atomic E-state index is 0.00719. The Labute approximate surface area is 179 Å². The smallest absolute Gasteiger partial charge is 0.245 e. The highest BCUT2D eigenvalue weighted by molar-refractivity contribution is 7.13. The Morgan fingerprint density at radius 2 is 1.96 bits per heavy atom. The fourth-order valence-electron chi connectivity index (χ4n) is 3.21. The van der Waals surface area contributed by atoms with E-state index in [1.165, 1.54) is 11.3 Å². The minimum atomic E-state index is -0.505. The average molecular weight is 440 g/mol. The number of carbonyl (C=O) groups excluding carboxylic acids is 2. The summed E-state index contributed by atoms with van der Waals surface area (Å²) >= 11 is 13.6. The third-order valence-corrected chi connectivity index (χ3v) is 6.19. The lowest BCUT2D eigenvalue weighted by molar-refractivity contribution is -0.136. The molecule has 28 heavy (non-hydrogen) atoms. The molecule has 2 heterocycles. The summed E-state index contributed by atoms with van der Waals surface area (Å²) in [5.41, 5.74) is 1.44. The van der Waals surface area contributed by atoms with Gasteiger partial charge >= 0.3 is 0 Å². The van der Waals surface area contributed by atoms with Crippen LogP contribution in [0.25, 0.3) is 10.6 Å². The van der Waals surface area contributed by atoms with Gasteiger partial charge in [-0.15, -0.1) is 11.3 Å². The van der Waals surface area contributed by atoms with Crippen LogP contribution in [0.2, 0.25) is 10.0 Å². The molecule has 1 aromatic heterocycles. The molecule has 0 unspecified atom stereocenters. The van der Waals surface area contributed by atoms with Crippen LogP contribution in [0.3, 0.4) is 0 Å². The van der Waals surface area contributed by atoms with Gasteiger partial charge in [-0.2, -0.15) is 0 Å². The normalized spacial score (nSPS) is 15.1. The van der Waals surface area contributed by atoms with Gasteiger partial charge in [-0.3, -0.25) is 9.59 Å². The second kappa shape index (κ2) is 9.25. The fourth-order valence-corrected chi connectivity index (χ4v) is 4.62. The van der Waals surface area contributed by atoms with E-state index in [9.17, 15) is 9.59 Å². The van der Waals surface area contributed by atoms with E-state index in [1.807, 2.05) is 30.2 Å². The van der Waals surface area contributed by atoms with Gasteiger partial charge in [-0.1, -0.05) is 37.0 Å². The van der Waals surface area contributed by atoms with Gasteiger partial charge in [-0.05, 0) is 37.0 Å². The van der Waals surface area contributed by atoms with Crippen molar-refractivity contribution in [3.05, 3.63) is 39.3 Å². The first-order valence-corrected chi connectivity index (χ1v) is 11.0.